The van der Waals surface area contributed by atoms with E-state index in [0.717, 1.165) is 50.4 Å². The minimum Gasteiger partial charge on any atom is -0.389 e. The lowest BCUT2D eigenvalue weighted by molar-refractivity contribution is -0.0216. The van der Waals surface area contributed by atoms with Crippen LogP contribution in [0.3, 0.4) is 0 Å². The zero-order valence-corrected chi connectivity index (χ0v) is 11.9. The van der Waals surface area contributed by atoms with E-state index in [2.05, 4.69) is 14.9 Å². The molecule has 1 saturated carbocycles. The second-order valence-corrected chi connectivity index (χ2v) is 6.46. The number of imidazole rings is 1. The minimum atomic E-state index is -0.424. The summed E-state index contributed by atoms with van der Waals surface area (Å²) in [5.41, 5.74) is 0.714. The average molecular weight is 263 g/mol. The molecule has 2 aliphatic rings. The summed E-state index contributed by atoms with van der Waals surface area (Å²) in [5.74, 6) is 1.64. The van der Waals surface area contributed by atoms with Crippen LogP contribution in [0, 0.1) is 6.92 Å². The largest absolute Gasteiger partial charge is 0.389 e. The monoisotopic (exact) mass is 263 g/mol. The molecule has 1 aliphatic carbocycles. The van der Waals surface area contributed by atoms with Crippen molar-refractivity contribution < 1.29 is 5.11 Å². The van der Waals surface area contributed by atoms with E-state index in [0.29, 0.717) is 5.92 Å². The van der Waals surface area contributed by atoms with Crippen molar-refractivity contribution in [3.05, 3.63) is 17.7 Å². The molecule has 1 aliphatic heterocycles. The van der Waals surface area contributed by atoms with Gasteiger partial charge in [-0.15, -0.1) is 0 Å². The summed E-state index contributed by atoms with van der Waals surface area (Å²) in [5, 5.41) is 10.6. The molecule has 0 radical (unpaired) electrons. The molecular formula is C15H25N3O. The van der Waals surface area contributed by atoms with Crippen LogP contribution in [0.4, 0.5) is 0 Å². The Morgan fingerprint density at radius 2 is 2.21 bits per heavy atom. The van der Waals surface area contributed by atoms with Gasteiger partial charge in [0.1, 0.15) is 5.82 Å². The van der Waals surface area contributed by atoms with E-state index in [1.165, 1.54) is 19.3 Å². The van der Waals surface area contributed by atoms with Crippen molar-refractivity contribution in [1.29, 1.82) is 0 Å². The second-order valence-electron chi connectivity index (χ2n) is 6.46. The third kappa shape index (κ3) is 3.00. The van der Waals surface area contributed by atoms with Crippen LogP contribution in [0.1, 0.15) is 56.0 Å². The van der Waals surface area contributed by atoms with Crippen molar-refractivity contribution in [3.63, 3.8) is 0 Å². The molecular weight excluding hydrogens is 238 g/mol. The predicted octanol–water partition coefficient (Wildman–Crippen LogP) is 2.20. The highest BCUT2D eigenvalue weighted by Gasteiger charge is 2.34. The van der Waals surface area contributed by atoms with Gasteiger partial charge < -0.3 is 10.1 Å². The first-order valence-electron chi connectivity index (χ1n) is 7.61. The SMILES string of the molecule is Cc1cnc([C@@H]2CCN(CC3(O)CCCCC3)C2)[nH]1. The maximum absolute atomic E-state index is 10.6. The van der Waals surface area contributed by atoms with Crippen molar-refractivity contribution in [2.45, 2.75) is 57.0 Å². The van der Waals surface area contributed by atoms with Gasteiger partial charge in [-0.05, 0) is 32.7 Å². The Balaban J connectivity index is 1.57. The van der Waals surface area contributed by atoms with Gasteiger partial charge in [0.25, 0.3) is 0 Å². The quantitative estimate of drug-likeness (QED) is 0.879. The Morgan fingerprint density at radius 3 is 2.89 bits per heavy atom. The van der Waals surface area contributed by atoms with Crippen LogP contribution < -0.4 is 0 Å². The van der Waals surface area contributed by atoms with Crippen LogP contribution in [-0.4, -0.2) is 45.2 Å². The molecule has 4 nitrogen and oxygen atoms in total. The van der Waals surface area contributed by atoms with E-state index in [-0.39, 0.29) is 0 Å². The summed E-state index contributed by atoms with van der Waals surface area (Å²) in [6.07, 6.45) is 8.69. The standard InChI is InChI=1S/C15H25N3O/c1-12-9-16-14(17-12)13-5-8-18(10-13)11-15(19)6-3-2-4-7-15/h9,13,19H,2-8,10-11H2,1H3,(H,16,17)/t13-/m1/s1. The van der Waals surface area contributed by atoms with Crippen molar-refractivity contribution in [3.8, 4) is 0 Å². The number of aliphatic hydroxyl groups is 1. The van der Waals surface area contributed by atoms with Crippen LogP contribution in [0.15, 0.2) is 6.20 Å². The lowest BCUT2D eigenvalue weighted by atomic mass is 9.84. The third-order valence-corrected chi connectivity index (χ3v) is 4.68. The number of aryl methyl sites for hydroxylation is 1. The van der Waals surface area contributed by atoms with E-state index < -0.39 is 5.60 Å². The highest BCUT2D eigenvalue weighted by atomic mass is 16.3. The van der Waals surface area contributed by atoms with E-state index in [4.69, 9.17) is 0 Å². The second kappa shape index (κ2) is 5.25. The molecule has 19 heavy (non-hydrogen) atoms. The maximum atomic E-state index is 10.6. The Morgan fingerprint density at radius 1 is 1.42 bits per heavy atom. The molecule has 2 N–H and O–H groups in total. The predicted molar refractivity (Wildman–Crippen MR) is 75.2 cm³/mol. The number of likely N-dealkylation sites (tertiary alicyclic amines) is 1. The third-order valence-electron chi connectivity index (χ3n) is 4.68. The van der Waals surface area contributed by atoms with Gasteiger partial charge >= 0.3 is 0 Å². The Kier molecular flexibility index (Phi) is 3.63. The lowest BCUT2D eigenvalue weighted by Crippen LogP contribution is -2.43. The number of β-amino-alcohol motifs (C(OH)–C–C–N with tert-alkyl or cyclic N) is 1. The highest BCUT2D eigenvalue weighted by Crippen LogP contribution is 2.32. The molecule has 0 unspecified atom stereocenters. The van der Waals surface area contributed by atoms with Crippen molar-refractivity contribution in [1.82, 2.24) is 14.9 Å². The number of hydrogen-bond donors (Lipinski definition) is 2. The molecule has 0 aromatic carbocycles. The van der Waals surface area contributed by atoms with Gasteiger partial charge in [-0.1, -0.05) is 19.3 Å². The molecule has 1 aromatic heterocycles. The van der Waals surface area contributed by atoms with Gasteiger partial charge in [-0.2, -0.15) is 0 Å². The summed E-state index contributed by atoms with van der Waals surface area (Å²) in [4.78, 5) is 10.2. The molecule has 0 amide bonds. The van der Waals surface area contributed by atoms with Crippen LogP contribution in [0.25, 0.3) is 0 Å². The molecule has 1 saturated heterocycles. The molecule has 106 valence electrons. The van der Waals surface area contributed by atoms with E-state index in [1.54, 1.807) is 0 Å². The normalized spacial score (nSPS) is 27.8. The zero-order valence-electron chi connectivity index (χ0n) is 11.9. The molecule has 0 bridgehead atoms. The van der Waals surface area contributed by atoms with Gasteiger partial charge in [0.2, 0.25) is 0 Å². The minimum absolute atomic E-state index is 0.424. The average Bonchev–Trinajstić information content (AvgIpc) is 2.98. The molecule has 2 heterocycles. The molecule has 1 atom stereocenters. The fourth-order valence-electron chi connectivity index (χ4n) is 3.62. The van der Waals surface area contributed by atoms with Gasteiger partial charge in [-0.25, -0.2) is 4.98 Å². The first-order valence-corrected chi connectivity index (χ1v) is 7.61. The first-order chi connectivity index (χ1) is 9.15. The Bertz CT molecular complexity index is 423. The zero-order chi connectivity index (χ0) is 13.3. The maximum Gasteiger partial charge on any atom is 0.110 e. The first kappa shape index (κ1) is 13.1. The summed E-state index contributed by atoms with van der Waals surface area (Å²) in [7, 11) is 0. The van der Waals surface area contributed by atoms with Gasteiger partial charge in [0.15, 0.2) is 0 Å². The van der Waals surface area contributed by atoms with Gasteiger partial charge in [-0.3, -0.25) is 4.90 Å². The molecule has 3 rings (SSSR count). The number of nitrogens with one attached hydrogen (secondary N) is 1. The number of rotatable bonds is 3. The number of aromatic amines is 1. The van der Waals surface area contributed by atoms with Crippen LogP contribution in [-0.2, 0) is 0 Å². The number of nitrogens with zero attached hydrogens (tertiary/aromatic N) is 2. The summed E-state index contributed by atoms with van der Waals surface area (Å²) < 4.78 is 0. The van der Waals surface area contributed by atoms with Crippen molar-refractivity contribution in [2.75, 3.05) is 19.6 Å². The van der Waals surface area contributed by atoms with Crippen LogP contribution in [0.5, 0.6) is 0 Å². The van der Waals surface area contributed by atoms with E-state index in [9.17, 15) is 5.11 Å². The molecule has 1 aromatic rings. The Labute approximate surface area is 115 Å². The van der Waals surface area contributed by atoms with Gasteiger partial charge in [0, 0.05) is 30.9 Å². The van der Waals surface area contributed by atoms with Crippen molar-refractivity contribution in [2.24, 2.45) is 0 Å². The number of aromatic nitrogens is 2. The molecule has 2 fully saturated rings. The Hall–Kier alpha value is -0.870. The lowest BCUT2D eigenvalue weighted by Gasteiger charge is -2.35. The molecule has 4 heteroatoms. The summed E-state index contributed by atoms with van der Waals surface area (Å²) >= 11 is 0. The topological polar surface area (TPSA) is 52.1 Å². The fraction of sp³-hybridized carbons (Fsp3) is 0.800. The van der Waals surface area contributed by atoms with E-state index in [1.807, 2.05) is 13.1 Å². The van der Waals surface area contributed by atoms with Crippen LogP contribution in [0.2, 0.25) is 0 Å². The highest BCUT2D eigenvalue weighted by molar-refractivity contribution is 5.07. The number of H-pyrrole nitrogens is 1. The van der Waals surface area contributed by atoms with Crippen molar-refractivity contribution >= 4 is 0 Å². The fourth-order valence-corrected chi connectivity index (χ4v) is 3.62. The van der Waals surface area contributed by atoms with Gasteiger partial charge in [0.05, 0.1) is 5.60 Å². The number of hydrogen-bond acceptors (Lipinski definition) is 3. The van der Waals surface area contributed by atoms with Crippen LogP contribution >= 0.6 is 0 Å². The summed E-state index contributed by atoms with van der Waals surface area (Å²) in [6.45, 7) is 5.03. The molecule has 0 spiro atoms. The smallest absolute Gasteiger partial charge is 0.110 e. The van der Waals surface area contributed by atoms with E-state index >= 15 is 0 Å². The summed E-state index contributed by atoms with van der Waals surface area (Å²) in [6, 6.07) is 0.